The van der Waals surface area contributed by atoms with E-state index in [1.807, 2.05) is 12.1 Å². The zero-order valence-electron chi connectivity index (χ0n) is 23.1. The lowest BCUT2D eigenvalue weighted by Crippen LogP contribution is -2.21. The average Bonchev–Trinajstić information content (AvgIpc) is 3.64. The third kappa shape index (κ3) is 7.49. The molecule has 4 aromatic carbocycles. The van der Waals surface area contributed by atoms with Gasteiger partial charge in [-0.3, -0.25) is 4.90 Å². The number of aromatic nitrogens is 2. The molecule has 1 aliphatic heterocycles. The molecule has 0 atom stereocenters. The predicted octanol–water partition coefficient (Wildman–Crippen LogP) is 10.9. The van der Waals surface area contributed by atoms with Crippen LogP contribution in [-0.2, 0) is 19.5 Å². The van der Waals surface area contributed by atoms with Crippen molar-refractivity contribution < 1.29 is 10.2 Å². The summed E-state index contributed by atoms with van der Waals surface area (Å²) in [5, 5.41) is 21.4. The first-order valence-corrected chi connectivity index (χ1v) is 16.3. The van der Waals surface area contributed by atoms with Crippen molar-refractivity contribution in [3.8, 4) is 11.5 Å². The number of phenolic OH excluding ortho intramolecular Hbond substituents is 2. The molecular weight excluding hydrogens is 707 g/mol. The van der Waals surface area contributed by atoms with E-state index >= 15 is 0 Å². The van der Waals surface area contributed by atoms with Crippen LogP contribution in [0.5, 0.6) is 11.5 Å². The minimum atomic E-state index is -0.252. The van der Waals surface area contributed by atoms with Crippen LogP contribution in [0.25, 0.3) is 11.0 Å². The largest absolute Gasteiger partial charge is 0.506 e. The standard InChI is InChI=1S/C19H20ClN3.C13H6Cl6O2/c20-16-9-7-15(8-10-16)13-23-18-6-2-1-5-17(18)21-19(23)14-22-11-3-4-12-22;14-6-2-8(16)12(20)4(10(6)18)1-5-11(19)7(15)3-9(17)13(5)21/h1-2,5-10H,3-4,11-14H2;2-3,20-21H,1H2. The molecular formula is C32H26Cl7N3O2. The molecule has 12 heteroatoms. The number of nitrogens with zero attached hydrogens (tertiary/aromatic N) is 3. The minimum absolute atomic E-state index is 0.0307. The van der Waals surface area contributed by atoms with E-state index in [0.29, 0.717) is 0 Å². The average molecular weight is 733 g/mol. The van der Waals surface area contributed by atoms with Gasteiger partial charge >= 0.3 is 0 Å². The Morgan fingerprint density at radius 3 is 1.77 bits per heavy atom. The molecule has 0 radical (unpaired) electrons. The fourth-order valence-corrected chi connectivity index (χ4v) is 6.66. The zero-order chi connectivity index (χ0) is 31.5. The molecule has 5 aromatic rings. The number of imidazole rings is 1. The van der Waals surface area contributed by atoms with Crippen LogP contribution < -0.4 is 0 Å². The van der Waals surface area contributed by atoms with E-state index in [2.05, 4.69) is 45.9 Å². The van der Waals surface area contributed by atoms with Crippen molar-refractivity contribution in [2.45, 2.75) is 32.4 Å². The number of likely N-dealkylation sites (tertiary alicyclic amines) is 1. The molecule has 1 aliphatic rings. The molecule has 0 spiro atoms. The molecule has 230 valence electrons. The zero-order valence-corrected chi connectivity index (χ0v) is 28.4. The molecule has 0 saturated carbocycles. The SMILES string of the molecule is Clc1ccc(Cn2c(CN3CCCC3)nc3ccccc32)cc1.Oc1c(Cl)cc(Cl)c(Cl)c1Cc1c(O)c(Cl)cc(Cl)c1Cl. The number of aromatic hydroxyl groups is 2. The lowest BCUT2D eigenvalue weighted by molar-refractivity contribution is 0.318. The Morgan fingerprint density at radius 1 is 0.659 bits per heavy atom. The van der Waals surface area contributed by atoms with E-state index in [9.17, 15) is 10.2 Å². The van der Waals surface area contributed by atoms with E-state index in [1.165, 1.54) is 49.1 Å². The van der Waals surface area contributed by atoms with E-state index < -0.39 is 0 Å². The normalized spacial score (nSPS) is 13.3. The fraction of sp³-hybridized carbons (Fsp3) is 0.219. The van der Waals surface area contributed by atoms with E-state index in [1.54, 1.807) is 0 Å². The van der Waals surface area contributed by atoms with E-state index in [4.69, 9.17) is 86.2 Å². The summed E-state index contributed by atoms with van der Waals surface area (Å²) < 4.78 is 2.34. The topological polar surface area (TPSA) is 61.5 Å². The first-order valence-electron chi connectivity index (χ1n) is 13.6. The van der Waals surface area contributed by atoms with Crippen LogP contribution in [0, 0.1) is 0 Å². The minimum Gasteiger partial charge on any atom is -0.506 e. The van der Waals surface area contributed by atoms with Gasteiger partial charge in [-0.1, -0.05) is 105 Å². The molecule has 1 fully saturated rings. The van der Waals surface area contributed by atoms with E-state index in [0.717, 1.165) is 29.5 Å². The van der Waals surface area contributed by atoms with Crippen molar-refractivity contribution in [1.29, 1.82) is 0 Å². The fourth-order valence-electron chi connectivity index (χ4n) is 5.11. The highest BCUT2D eigenvalue weighted by Gasteiger charge is 2.21. The van der Waals surface area contributed by atoms with Gasteiger partial charge in [-0.05, 0) is 67.9 Å². The van der Waals surface area contributed by atoms with Gasteiger partial charge in [-0.2, -0.15) is 0 Å². The van der Waals surface area contributed by atoms with Crippen LogP contribution in [0.15, 0.2) is 60.7 Å². The van der Waals surface area contributed by atoms with Crippen molar-refractivity contribution in [3.63, 3.8) is 0 Å². The summed E-state index contributed by atoms with van der Waals surface area (Å²) in [5.74, 6) is 0.651. The van der Waals surface area contributed by atoms with Gasteiger partial charge < -0.3 is 14.8 Å². The van der Waals surface area contributed by atoms with Crippen LogP contribution in [0.3, 0.4) is 0 Å². The molecule has 0 unspecified atom stereocenters. The maximum absolute atomic E-state index is 10.0. The van der Waals surface area contributed by atoms with Gasteiger partial charge in [0.2, 0.25) is 0 Å². The first-order chi connectivity index (χ1) is 21.0. The molecule has 0 aliphatic carbocycles. The molecule has 1 aromatic heterocycles. The Morgan fingerprint density at radius 2 is 1.20 bits per heavy atom. The smallest absolute Gasteiger partial charge is 0.139 e. The molecule has 2 N–H and O–H groups in total. The van der Waals surface area contributed by atoms with Crippen LogP contribution in [-0.4, -0.2) is 37.8 Å². The summed E-state index contributed by atoms with van der Waals surface area (Å²) in [7, 11) is 0. The molecule has 0 amide bonds. The van der Waals surface area contributed by atoms with Crippen molar-refractivity contribution >= 4 is 92.2 Å². The highest BCUT2D eigenvalue weighted by molar-refractivity contribution is 6.45. The van der Waals surface area contributed by atoms with Crippen LogP contribution in [0.2, 0.25) is 35.2 Å². The van der Waals surface area contributed by atoms with Crippen molar-refractivity contribution in [2.24, 2.45) is 0 Å². The number of benzene rings is 4. The molecule has 2 heterocycles. The monoisotopic (exact) mass is 729 g/mol. The van der Waals surface area contributed by atoms with E-state index in [-0.39, 0.29) is 59.2 Å². The number of phenols is 2. The van der Waals surface area contributed by atoms with Crippen molar-refractivity contribution in [3.05, 3.63) is 118 Å². The number of fused-ring (bicyclic) bond motifs is 1. The van der Waals surface area contributed by atoms with Gasteiger partial charge in [0, 0.05) is 29.1 Å². The maximum Gasteiger partial charge on any atom is 0.139 e. The van der Waals surface area contributed by atoms with Crippen molar-refractivity contribution in [1.82, 2.24) is 14.5 Å². The molecule has 6 rings (SSSR count). The van der Waals surface area contributed by atoms with Gasteiger partial charge in [0.1, 0.15) is 17.3 Å². The highest BCUT2D eigenvalue weighted by Crippen LogP contribution is 2.44. The summed E-state index contributed by atoms with van der Waals surface area (Å²) >= 11 is 41.7. The number of rotatable bonds is 6. The summed E-state index contributed by atoms with van der Waals surface area (Å²) in [6.45, 7) is 4.14. The van der Waals surface area contributed by atoms with Gasteiger partial charge in [0.05, 0.1) is 47.7 Å². The Hall–Kier alpha value is -2.06. The molecule has 0 bridgehead atoms. The Balaban J connectivity index is 0.000000176. The van der Waals surface area contributed by atoms with Gasteiger partial charge in [-0.15, -0.1) is 0 Å². The van der Waals surface area contributed by atoms with Gasteiger partial charge in [0.15, 0.2) is 0 Å². The van der Waals surface area contributed by atoms with Gasteiger partial charge in [-0.25, -0.2) is 4.98 Å². The second-order valence-corrected chi connectivity index (χ2v) is 13.2. The van der Waals surface area contributed by atoms with Gasteiger partial charge in [0.25, 0.3) is 0 Å². The predicted molar refractivity (Wildman–Crippen MR) is 184 cm³/mol. The molecule has 1 saturated heterocycles. The summed E-state index contributed by atoms with van der Waals surface area (Å²) in [4.78, 5) is 7.38. The number of para-hydroxylation sites is 2. The summed E-state index contributed by atoms with van der Waals surface area (Å²) in [6.07, 6.45) is 2.56. The van der Waals surface area contributed by atoms with Crippen LogP contribution in [0.1, 0.15) is 35.4 Å². The molecule has 44 heavy (non-hydrogen) atoms. The van der Waals surface area contributed by atoms with Crippen LogP contribution >= 0.6 is 81.2 Å². The third-order valence-corrected chi connectivity index (χ3v) is 9.87. The number of hydrogen-bond acceptors (Lipinski definition) is 4. The highest BCUT2D eigenvalue weighted by atomic mass is 35.5. The lowest BCUT2D eigenvalue weighted by atomic mass is 10.0. The Labute approximate surface area is 290 Å². The number of halogens is 7. The quantitative estimate of drug-likeness (QED) is 0.171. The Kier molecular flexibility index (Phi) is 11.0. The Bertz CT molecular complexity index is 1690. The summed E-state index contributed by atoms with van der Waals surface area (Å²) in [6, 6.07) is 19.1. The first kappa shape index (κ1) is 33.3. The van der Waals surface area contributed by atoms with Crippen molar-refractivity contribution in [2.75, 3.05) is 13.1 Å². The summed E-state index contributed by atoms with van der Waals surface area (Å²) in [5.41, 5.74) is 3.96. The third-order valence-electron chi connectivity index (χ3n) is 7.39. The van der Waals surface area contributed by atoms with Crippen LogP contribution in [0.4, 0.5) is 0 Å². The second-order valence-electron chi connectivity index (χ2n) is 10.4. The lowest BCUT2D eigenvalue weighted by Gasteiger charge is -2.16. The number of hydrogen-bond donors (Lipinski definition) is 2. The molecule has 5 nitrogen and oxygen atoms in total. The second kappa shape index (κ2) is 14.6. The maximum atomic E-state index is 10.0.